The fraction of sp³-hybridized carbons (Fsp3) is 0.750. The van der Waals surface area contributed by atoms with E-state index in [1.165, 1.54) is 103 Å². The maximum absolute atomic E-state index is 12.4. The number of thiophene rings is 2. The predicted molar refractivity (Wildman–Crippen MR) is 164 cm³/mol. The van der Waals surface area contributed by atoms with Crippen molar-refractivity contribution < 1.29 is 9.59 Å². The van der Waals surface area contributed by atoms with Crippen LogP contribution in [0.5, 0.6) is 0 Å². The lowest BCUT2D eigenvalue weighted by Gasteiger charge is -2.22. The molecule has 2 nitrogen and oxygen atoms in total. The van der Waals surface area contributed by atoms with Gasteiger partial charge in [0, 0.05) is 31.0 Å². The summed E-state index contributed by atoms with van der Waals surface area (Å²) in [6, 6.07) is 4.88. The summed E-state index contributed by atoms with van der Waals surface area (Å²) in [6.07, 6.45) is 22.0. The van der Waals surface area contributed by atoms with Gasteiger partial charge in [-0.25, -0.2) is 0 Å². The summed E-state index contributed by atoms with van der Waals surface area (Å²) < 4.78 is 2.78. The minimum atomic E-state index is -0.142. The normalized spacial score (nSPS) is 32.4. The highest BCUT2D eigenvalue weighted by Gasteiger charge is 2.56. The van der Waals surface area contributed by atoms with E-state index >= 15 is 0 Å². The number of hydrogen-bond donors (Lipinski definition) is 0. The van der Waals surface area contributed by atoms with Gasteiger partial charge in [-0.15, -0.1) is 22.7 Å². The molecule has 2 aromatic heterocycles. The van der Waals surface area contributed by atoms with E-state index in [2.05, 4.69) is 12.1 Å². The quantitative estimate of drug-likeness (QED) is 0.330. The molecular formula is C32H44Cl2O2S2. The van der Waals surface area contributed by atoms with Crippen molar-refractivity contribution in [3.8, 4) is 0 Å². The summed E-state index contributed by atoms with van der Waals surface area (Å²) in [5.74, 6) is 1.87. The van der Waals surface area contributed by atoms with Gasteiger partial charge >= 0.3 is 0 Å². The molecule has 6 atom stereocenters. The monoisotopic (exact) mass is 594 g/mol. The van der Waals surface area contributed by atoms with Gasteiger partial charge in [0.15, 0.2) is 0 Å². The molecule has 0 amide bonds. The molecule has 5 rings (SSSR count). The molecule has 0 aromatic carbocycles. The van der Waals surface area contributed by atoms with Gasteiger partial charge in [-0.2, -0.15) is 0 Å². The molecule has 2 heterocycles. The highest BCUT2D eigenvalue weighted by Crippen LogP contribution is 2.60. The predicted octanol–water partition coefficient (Wildman–Crippen LogP) is 11.2. The van der Waals surface area contributed by atoms with Gasteiger partial charge in [-0.05, 0) is 91.1 Å². The van der Waals surface area contributed by atoms with E-state index in [9.17, 15) is 9.59 Å². The van der Waals surface area contributed by atoms with Crippen LogP contribution in [-0.4, -0.2) is 10.5 Å². The second-order valence-electron chi connectivity index (χ2n) is 12.4. The van der Waals surface area contributed by atoms with Crippen LogP contribution in [0.15, 0.2) is 12.1 Å². The van der Waals surface area contributed by atoms with E-state index in [0.29, 0.717) is 23.7 Å². The molecule has 3 saturated carbocycles. The molecule has 3 aliphatic rings. The van der Waals surface area contributed by atoms with Crippen LogP contribution in [-0.2, 0) is 9.59 Å². The minimum Gasteiger partial charge on any atom is -0.281 e. The van der Waals surface area contributed by atoms with Crippen LogP contribution < -0.4 is 0 Å². The Morgan fingerprint density at radius 3 is 1.79 bits per heavy atom. The number of fused-ring (bicyclic) bond motifs is 2. The largest absolute Gasteiger partial charge is 0.281 e. The van der Waals surface area contributed by atoms with Gasteiger partial charge in [0.1, 0.15) is 0 Å². The molecule has 0 spiro atoms. The Kier molecular flexibility index (Phi) is 10.7. The Hall–Kier alpha value is -0.420. The first-order valence-corrected chi connectivity index (χ1v) is 17.8. The van der Waals surface area contributed by atoms with Crippen LogP contribution in [0, 0.1) is 23.7 Å². The topological polar surface area (TPSA) is 34.1 Å². The number of halogens is 2. The summed E-state index contributed by atoms with van der Waals surface area (Å²) >= 11 is 16.1. The molecule has 0 bridgehead atoms. The zero-order chi connectivity index (χ0) is 26.5. The van der Waals surface area contributed by atoms with Crippen LogP contribution in [0.3, 0.4) is 0 Å². The molecule has 3 aliphatic carbocycles. The standard InChI is InChI=1S/C32H44Cl2O2S2/c33-31(35)22-15-11-7-5-6-10-14-21(18-22)25-19-27-28(37-25)20-26(38-27)23-16-12-8-3-1-2-4-9-13-17-24-29(23)30(24)32(34)36/h19-24,29-30H,1-18H2. The first-order chi connectivity index (χ1) is 18.5. The molecule has 0 radical (unpaired) electrons. The molecule has 38 heavy (non-hydrogen) atoms. The molecule has 2 aromatic rings. The zero-order valence-corrected chi connectivity index (χ0v) is 25.9. The van der Waals surface area contributed by atoms with Crippen LogP contribution in [0.1, 0.15) is 137 Å². The Bertz CT molecular complexity index is 1040. The van der Waals surface area contributed by atoms with Gasteiger partial charge in [0.2, 0.25) is 10.5 Å². The van der Waals surface area contributed by atoms with E-state index in [0.717, 1.165) is 32.1 Å². The highest BCUT2D eigenvalue weighted by molar-refractivity contribution is 7.27. The van der Waals surface area contributed by atoms with E-state index in [4.69, 9.17) is 23.2 Å². The third kappa shape index (κ3) is 7.25. The van der Waals surface area contributed by atoms with Crippen molar-refractivity contribution in [2.45, 2.75) is 127 Å². The number of carbonyl (C=O) groups excluding carboxylic acids is 2. The van der Waals surface area contributed by atoms with Gasteiger partial charge in [0.25, 0.3) is 0 Å². The average molecular weight is 596 g/mol. The summed E-state index contributed by atoms with van der Waals surface area (Å²) in [5.41, 5.74) is 0. The van der Waals surface area contributed by atoms with E-state index in [1.807, 2.05) is 22.7 Å². The molecule has 6 heteroatoms. The summed E-state index contributed by atoms with van der Waals surface area (Å²) in [6.45, 7) is 0. The SMILES string of the molecule is O=C(Cl)C1CCCCCCCC(c2cc3sc(C4CCCCCCCCCCC5C(C(=O)Cl)C45)cc3s2)C1. The van der Waals surface area contributed by atoms with Crippen molar-refractivity contribution in [3.05, 3.63) is 21.9 Å². The maximum Gasteiger partial charge on any atom is 0.225 e. The Labute approximate surface area is 247 Å². The summed E-state index contributed by atoms with van der Waals surface area (Å²) in [5, 5.41) is -0.242. The van der Waals surface area contributed by atoms with Crippen LogP contribution in [0.2, 0.25) is 0 Å². The van der Waals surface area contributed by atoms with E-state index in [1.54, 1.807) is 0 Å². The molecule has 0 saturated heterocycles. The number of rotatable bonds is 4. The van der Waals surface area contributed by atoms with Gasteiger partial charge in [-0.1, -0.05) is 83.5 Å². The third-order valence-corrected chi connectivity index (χ3v) is 12.9. The Morgan fingerprint density at radius 1 is 0.632 bits per heavy atom. The second-order valence-corrected chi connectivity index (χ2v) is 15.4. The lowest BCUT2D eigenvalue weighted by Crippen LogP contribution is -2.14. The van der Waals surface area contributed by atoms with Crippen molar-refractivity contribution in [2.24, 2.45) is 23.7 Å². The fourth-order valence-corrected chi connectivity index (χ4v) is 10.8. The molecule has 0 aliphatic heterocycles. The Balaban J connectivity index is 1.36. The zero-order valence-electron chi connectivity index (χ0n) is 22.7. The minimum absolute atomic E-state index is 0.00675. The van der Waals surface area contributed by atoms with Crippen molar-refractivity contribution in [2.75, 3.05) is 0 Å². The van der Waals surface area contributed by atoms with Crippen molar-refractivity contribution >= 4 is 65.8 Å². The smallest absolute Gasteiger partial charge is 0.225 e. The van der Waals surface area contributed by atoms with Crippen molar-refractivity contribution in [3.63, 3.8) is 0 Å². The third-order valence-electron chi connectivity index (χ3n) is 9.77. The van der Waals surface area contributed by atoms with Crippen LogP contribution in [0.4, 0.5) is 0 Å². The fourth-order valence-electron chi connectivity index (χ4n) is 7.58. The summed E-state index contributed by atoms with van der Waals surface area (Å²) in [7, 11) is 0. The lowest BCUT2D eigenvalue weighted by molar-refractivity contribution is -0.116. The van der Waals surface area contributed by atoms with Crippen molar-refractivity contribution in [1.29, 1.82) is 0 Å². The highest BCUT2D eigenvalue weighted by atomic mass is 35.5. The van der Waals surface area contributed by atoms with Crippen LogP contribution in [0.25, 0.3) is 9.40 Å². The molecule has 6 unspecified atom stereocenters. The van der Waals surface area contributed by atoms with Gasteiger partial charge in [-0.3, -0.25) is 9.59 Å². The molecule has 3 fully saturated rings. The molecule has 210 valence electrons. The number of hydrogen-bond acceptors (Lipinski definition) is 4. The van der Waals surface area contributed by atoms with E-state index < -0.39 is 0 Å². The van der Waals surface area contributed by atoms with Crippen LogP contribution >= 0.6 is 45.9 Å². The van der Waals surface area contributed by atoms with Gasteiger partial charge < -0.3 is 0 Å². The lowest BCUT2D eigenvalue weighted by atomic mass is 9.85. The second kappa shape index (κ2) is 14.0. The van der Waals surface area contributed by atoms with Crippen molar-refractivity contribution in [1.82, 2.24) is 0 Å². The maximum atomic E-state index is 12.4. The summed E-state index contributed by atoms with van der Waals surface area (Å²) in [4.78, 5) is 27.5. The number of carbonyl (C=O) groups is 2. The Morgan fingerprint density at radius 2 is 1.16 bits per heavy atom. The van der Waals surface area contributed by atoms with Gasteiger partial charge in [0.05, 0.1) is 0 Å². The first kappa shape index (κ1) is 29.1. The first-order valence-electron chi connectivity index (χ1n) is 15.4. The van der Waals surface area contributed by atoms with E-state index in [-0.39, 0.29) is 22.3 Å². The molecular weight excluding hydrogens is 551 g/mol. The molecule has 0 N–H and O–H groups in total. The average Bonchev–Trinajstić information content (AvgIpc) is 3.24.